The molecule has 0 unspecified atom stereocenters. The summed E-state index contributed by atoms with van der Waals surface area (Å²) in [6.07, 6.45) is 3.56. The van der Waals surface area contributed by atoms with E-state index in [1.54, 1.807) is 0 Å². The van der Waals surface area contributed by atoms with Crippen LogP contribution in [0.1, 0.15) is 30.9 Å². The van der Waals surface area contributed by atoms with Crippen LogP contribution in [0, 0.1) is 23.2 Å². The second-order valence-corrected chi connectivity index (χ2v) is 5.02. The van der Waals surface area contributed by atoms with Crippen LogP contribution >= 0.6 is 0 Å². The molecule has 0 N–H and O–H groups in total. The topological polar surface area (TPSA) is 23.8 Å². The fraction of sp³-hybridized carbons (Fsp3) is 0.500. The van der Waals surface area contributed by atoms with Gasteiger partial charge in [0.2, 0.25) is 0 Å². The lowest BCUT2D eigenvalue weighted by molar-refractivity contribution is 0.364. The molecule has 1 saturated carbocycles. The maximum Gasteiger partial charge on any atom is 0.0881 e. The highest BCUT2D eigenvalue weighted by molar-refractivity contribution is 5.47. The van der Waals surface area contributed by atoms with Gasteiger partial charge >= 0.3 is 0 Å². The van der Waals surface area contributed by atoms with Crippen LogP contribution in [-0.4, -0.2) is 0 Å². The van der Waals surface area contributed by atoms with Crippen LogP contribution in [0.5, 0.6) is 0 Å². The molecule has 0 heterocycles. The van der Waals surface area contributed by atoms with Crippen LogP contribution in [0.2, 0.25) is 0 Å². The van der Waals surface area contributed by atoms with Crippen molar-refractivity contribution < 1.29 is 0 Å². The second-order valence-electron chi connectivity index (χ2n) is 5.02. The number of rotatable bonds is 0. The third-order valence-electron chi connectivity index (χ3n) is 4.48. The SMILES string of the molecule is C[C@@H]1CC[C@H]2Cc3ccccc3[C@]21C#N. The maximum atomic E-state index is 9.59. The van der Waals surface area contributed by atoms with Gasteiger partial charge in [-0.1, -0.05) is 31.2 Å². The summed E-state index contributed by atoms with van der Waals surface area (Å²) in [6, 6.07) is 11.2. The number of nitriles is 1. The minimum atomic E-state index is -0.156. The van der Waals surface area contributed by atoms with Gasteiger partial charge in [0.1, 0.15) is 0 Å². The summed E-state index contributed by atoms with van der Waals surface area (Å²) in [6.45, 7) is 2.24. The number of nitrogens with zero attached hydrogens (tertiary/aromatic N) is 1. The maximum absolute atomic E-state index is 9.59. The van der Waals surface area contributed by atoms with Gasteiger partial charge in [0.05, 0.1) is 11.5 Å². The Kier molecular flexibility index (Phi) is 1.71. The third-order valence-corrected chi connectivity index (χ3v) is 4.48. The standard InChI is InChI=1S/C14H15N/c1-10-6-7-12-8-11-4-2-3-5-13(11)14(10,12)9-15/h2-5,10,12H,6-8H2,1H3/t10-,12+,14+/m1/s1. The summed E-state index contributed by atoms with van der Waals surface area (Å²) in [5.41, 5.74) is 2.58. The number of hydrogen-bond donors (Lipinski definition) is 0. The Morgan fingerprint density at radius 1 is 1.33 bits per heavy atom. The van der Waals surface area contributed by atoms with Gasteiger partial charge in [0.15, 0.2) is 0 Å². The summed E-state index contributed by atoms with van der Waals surface area (Å²) < 4.78 is 0. The Balaban J connectivity index is 2.23. The van der Waals surface area contributed by atoms with Gasteiger partial charge in [-0.25, -0.2) is 0 Å². The molecule has 0 bridgehead atoms. The quantitative estimate of drug-likeness (QED) is 0.627. The molecule has 2 aliphatic carbocycles. The van der Waals surface area contributed by atoms with Crippen molar-refractivity contribution in [3.8, 4) is 6.07 Å². The van der Waals surface area contributed by atoms with Crippen molar-refractivity contribution in [1.29, 1.82) is 5.26 Å². The van der Waals surface area contributed by atoms with E-state index in [1.807, 2.05) is 0 Å². The largest absolute Gasteiger partial charge is 0.197 e. The van der Waals surface area contributed by atoms with Crippen LogP contribution in [-0.2, 0) is 11.8 Å². The predicted molar refractivity (Wildman–Crippen MR) is 59.3 cm³/mol. The zero-order chi connectivity index (χ0) is 10.5. The molecule has 0 aromatic heterocycles. The Labute approximate surface area is 90.7 Å². The summed E-state index contributed by atoms with van der Waals surface area (Å²) in [4.78, 5) is 0. The fourth-order valence-electron chi connectivity index (χ4n) is 3.69. The minimum Gasteiger partial charge on any atom is -0.197 e. The fourth-order valence-corrected chi connectivity index (χ4v) is 3.69. The van der Waals surface area contributed by atoms with Crippen LogP contribution in [0.3, 0.4) is 0 Å². The van der Waals surface area contributed by atoms with Gasteiger partial charge in [-0.05, 0) is 42.2 Å². The van der Waals surface area contributed by atoms with Gasteiger partial charge < -0.3 is 0 Å². The van der Waals surface area contributed by atoms with E-state index in [-0.39, 0.29) is 5.41 Å². The van der Waals surface area contributed by atoms with E-state index in [0.29, 0.717) is 11.8 Å². The number of hydrogen-bond acceptors (Lipinski definition) is 1. The van der Waals surface area contributed by atoms with Gasteiger partial charge in [0.25, 0.3) is 0 Å². The van der Waals surface area contributed by atoms with Gasteiger partial charge in [-0.2, -0.15) is 5.26 Å². The molecule has 15 heavy (non-hydrogen) atoms. The Bertz CT molecular complexity index is 443. The molecule has 76 valence electrons. The first-order valence-corrected chi connectivity index (χ1v) is 5.78. The van der Waals surface area contributed by atoms with E-state index in [0.717, 1.165) is 6.42 Å². The van der Waals surface area contributed by atoms with Gasteiger partial charge in [0, 0.05) is 0 Å². The molecular formula is C14H15N. The van der Waals surface area contributed by atoms with Crippen molar-refractivity contribution in [3.63, 3.8) is 0 Å². The Hall–Kier alpha value is -1.29. The van der Waals surface area contributed by atoms with Crippen molar-refractivity contribution >= 4 is 0 Å². The zero-order valence-corrected chi connectivity index (χ0v) is 9.03. The first-order valence-electron chi connectivity index (χ1n) is 5.78. The molecule has 1 nitrogen and oxygen atoms in total. The van der Waals surface area contributed by atoms with Gasteiger partial charge in [-0.3, -0.25) is 0 Å². The lowest BCUT2D eigenvalue weighted by Gasteiger charge is -2.27. The molecule has 3 atom stereocenters. The summed E-state index contributed by atoms with van der Waals surface area (Å²) in [7, 11) is 0. The third kappa shape index (κ3) is 0.925. The molecule has 1 fully saturated rings. The first-order chi connectivity index (χ1) is 7.29. The molecule has 0 spiro atoms. The average molecular weight is 197 g/mol. The van der Waals surface area contributed by atoms with Crippen molar-refractivity contribution in [1.82, 2.24) is 0 Å². The highest BCUT2D eigenvalue weighted by atomic mass is 14.6. The van der Waals surface area contributed by atoms with E-state index >= 15 is 0 Å². The Morgan fingerprint density at radius 3 is 2.93 bits per heavy atom. The first kappa shape index (κ1) is 8.97. The van der Waals surface area contributed by atoms with Crippen LogP contribution in [0.15, 0.2) is 24.3 Å². The summed E-state index contributed by atoms with van der Waals surface area (Å²) in [5.74, 6) is 1.10. The Morgan fingerprint density at radius 2 is 2.13 bits per heavy atom. The molecule has 0 aliphatic heterocycles. The molecular weight excluding hydrogens is 182 g/mol. The molecule has 1 aromatic rings. The molecule has 3 rings (SSSR count). The zero-order valence-electron chi connectivity index (χ0n) is 9.03. The monoisotopic (exact) mass is 197 g/mol. The molecule has 0 radical (unpaired) electrons. The molecule has 2 aliphatic rings. The van der Waals surface area contributed by atoms with Gasteiger partial charge in [-0.15, -0.1) is 0 Å². The predicted octanol–water partition coefficient (Wildman–Crippen LogP) is 3.05. The van der Waals surface area contributed by atoms with Crippen LogP contribution < -0.4 is 0 Å². The molecule has 0 saturated heterocycles. The van der Waals surface area contributed by atoms with E-state index in [4.69, 9.17) is 0 Å². The molecule has 1 aromatic carbocycles. The number of fused-ring (bicyclic) bond motifs is 3. The van der Waals surface area contributed by atoms with Crippen molar-refractivity contribution in [2.75, 3.05) is 0 Å². The molecule has 0 amide bonds. The van der Waals surface area contributed by atoms with E-state index in [9.17, 15) is 5.26 Å². The smallest absolute Gasteiger partial charge is 0.0881 e. The number of benzene rings is 1. The van der Waals surface area contributed by atoms with E-state index in [1.165, 1.54) is 24.0 Å². The second kappa shape index (κ2) is 2.85. The highest BCUT2D eigenvalue weighted by Gasteiger charge is 2.54. The van der Waals surface area contributed by atoms with E-state index < -0.39 is 0 Å². The van der Waals surface area contributed by atoms with E-state index in [2.05, 4.69) is 37.3 Å². The van der Waals surface area contributed by atoms with Crippen LogP contribution in [0.4, 0.5) is 0 Å². The summed E-state index contributed by atoms with van der Waals surface area (Å²) >= 11 is 0. The minimum absolute atomic E-state index is 0.156. The van der Waals surface area contributed by atoms with Crippen molar-refractivity contribution in [2.45, 2.75) is 31.6 Å². The van der Waals surface area contributed by atoms with Crippen molar-refractivity contribution in [3.05, 3.63) is 35.4 Å². The highest BCUT2D eigenvalue weighted by Crippen LogP contribution is 2.55. The van der Waals surface area contributed by atoms with Crippen LogP contribution in [0.25, 0.3) is 0 Å². The lowest BCUT2D eigenvalue weighted by Crippen LogP contribution is -2.30. The average Bonchev–Trinajstić information content (AvgIpc) is 2.74. The lowest BCUT2D eigenvalue weighted by atomic mass is 9.73. The van der Waals surface area contributed by atoms with Crippen molar-refractivity contribution in [2.24, 2.45) is 11.8 Å². The normalized spacial score (nSPS) is 37.1. The summed E-state index contributed by atoms with van der Waals surface area (Å²) in [5, 5.41) is 9.59. The molecule has 1 heteroatoms.